The minimum Gasteiger partial charge on any atom is -0.388 e. The van der Waals surface area contributed by atoms with Gasteiger partial charge in [0.1, 0.15) is 0 Å². The van der Waals surface area contributed by atoms with Gasteiger partial charge in [-0.25, -0.2) is 13.2 Å². The van der Waals surface area contributed by atoms with Crippen LogP contribution in [0.15, 0.2) is 12.1 Å². The van der Waals surface area contributed by atoms with Crippen molar-refractivity contribution >= 4 is 0 Å². The lowest BCUT2D eigenvalue weighted by Crippen LogP contribution is -2.06. The van der Waals surface area contributed by atoms with E-state index in [2.05, 4.69) is 5.10 Å². The second-order valence-corrected chi connectivity index (χ2v) is 5.09. The lowest BCUT2D eigenvalue weighted by Gasteiger charge is -2.12. The summed E-state index contributed by atoms with van der Waals surface area (Å²) in [5.74, 6) is -4.15. The van der Waals surface area contributed by atoms with Gasteiger partial charge >= 0.3 is 0 Å². The molecular weight excluding hydrogens is 281 g/mol. The van der Waals surface area contributed by atoms with Crippen LogP contribution in [0.1, 0.15) is 35.0 Å². The molecule has 1 unspecified atom stereocenters. The average Bonchev–Trinajstić information content (AvgIpc) is 2.67. The Morgan fingerprint density at radius 2 is 1.86 bits per heavy atom. The van der Waals surface area contributed by atoms with Crippen molar-refractivity contribution in [2.24, 2.45) is 7.05 Å². The second kappa shape index (κ2) is 5.89. The molecule has 1 aromatic heterocycles. The summed E-state index contributed by atoms with van der Waals surface area (Å²) in [5.41, 5.74) is 2.55. The Hall–Kier alpha value is -1.82. The number of nitrogens with zero attached hydrogens (tertiary/aromatic N) is 2. The van der Waals surface area contributed by atoms with Gasteiger partial charge in [0.25, 0.3) is 0 Å². The van der Waals surface area contributed by atoms with Crippen molar-refractivity contribution in [3.8, 4) is 0 Å². The van der Waals surface area contributed by atoms with Crippen molar-refractivity contribution in [3.05, 3.63) is 52.1 Å². The van der Waals surface area contributed by atoms with E-state index in [1.54, 1.807) is 4.68 Å². The molecule has 0 saturated heterocycles. The van der Waals surface area contributed by atoms with Gasteiger partial charge in [-0.3, -0.25) is 4.68 Å². The van der Waals surface area contributed by atoms with Crippen LogP contribution in [0.2, 0.25) is 0 Å². The van der Waals surface area contributed by atoms with Crippen molar-refractivity contribution in [3.63, 3.8) is 0 Å². The maximum Gasteiger partial charge on any atom is 0.194 e. The summed E-state index contributed by atoms with van der Waals surface area (Å²) in [7, 11) is 1.82. The smallest absolute Gasteiger partial charge is 0.194 e. The zero-order chi connectivity index (χ0) is 15.7. The highest BCUT2D eigenvalue weighted by Gasteiger charge is 2.20. The fourth-order valence-corrected chi connectivity index (χ4v) is 2.41. The summed E-state index contributed by atoms with van der Waals surface area (Å²) >= 11 is 0. The Kier molecular flexibility index (Phi) is 4.37. The van der Waals surface area contributed by atoms with Crippen LogP contribution in [-0.2, 0) is 13.5 Å². The van der Waals surface area contributed by atoms with Crippen LogP contribution < -0.4 is 0 Å². The molecule has 3 nitrogen and oxygen atoms in total. The van der Waals surface area contributed by atoms with Crippen molar-refractivity contribution in [2.75, 3.05) is 0 Å². The van der Waals surface area contributed by atoms with Gasteiger partial charge in [-0.1, -0.05) is 6.07 Å². The largest absolute Gasteiger partial charge is 0.388 e. The predicted octanol–water partition coefficient (Wildman–Crippen LogP) is 3.12. The van der Waals surface area contributed by atoms with Crippen LogP contribution in [0.3, 0.4) is 0 Å². The predicted molar refractivity (Wildman–Crippen MR) is 72.3 cm³/mol. The fourth-order valence-electron chi connectivity index (χ4n) is 2.41. The van der Waals surface area contributed by atoms with Gasteiger partial charge in [-0.2, -0.15) is 5.10 Å². The lowest BCUT2D eigenvalue weighted by molar-refractivity contribution is 0.161. The molecule has 2 rings (SSSR count). The average molecular weight is 298 g/mol. The molecule has 2 aromatic rings. The first-order chi connectivity index (χ1) is 9.82. The van der Waals surface area contributed by atoms with E-state index < -0.39 is 23.6 Å². The Morgan fingerprint density at radius 3 is 2.43 bits per heavy atom. The molecule has 1 heterocycles. The van der Waals surface area contributed by atoms with Gasteiger partial charge in [0.15, 0.2) is 17.5 Å². The standard InChI is InChI=1S/C15H17F3N2O/c1-8-10(9(2)20(3)19-8)5-7-13(21)11-4-6-12(16)15(18)14(11)17/h4,6,13,21H,5,7H2,1-3H3. The van der Waals surface area contributed by atoms with Gasteiger partial charge in [-0.05, 0) is 38.3 Å². The molecule has 21 heavy (non-hydrogen) atoms. The third kappa shape index (κ3) is 2.95. The first kappa shape index (κ1) is 15.6. The Morgan fingerprint density at radius 1 is 1.19 bits per heavy atom. The third-order valence-electron chi connectivity index (χ3n) is 3.75. The summed E-state index contributed by atoms with van der Waals surface area (Å²) in [5, 5.41) is 14.3. The molecule has 0 aliphatic heterocycles. The molecule has 0 aliphatic carbocycles. The number of hydrogen-bond donors (Lipinski definition) is 1. The van der Waals surface area contributed by atoms with Gasteiger partial charge < -0.3 is 5.11 Å². The minimum absolute atomic E-state index is 0.204. The van der Waals surface area contributed by atoms with E-state index in [1.165, 1.54) is 0 Å². The zero-order valence-corrected chi connectivity index (χ0v) is 12.1. The molecule has 1 aromatic carbocycles. The summed E-state index contributed by atoms with van der Waals surface area (Å²) in [6, 6.07) is 1.89. The highest BCUT2D eigenvalue weighted by molar-refractivity contribution is 5.26. The molecule has 0 radical (unpaired) electrons. The van der Waals surface area contributed by atoms with Crippen LogP contribution >= 0.6 is 0 Å². The van der Waals surface area contributed by atoms with E-state index in [0.717, 1.165) is 29.1 Å². The van der Waals surface area contributed by atoms with E-state index >= 15 is 0 Å². The molecule has 114 valence electrons. The molecular formula is C15H17F3N2O. The molecule has 0 amide bonds. The van der Waals surface area contributed by atoms with E-state index in [4.69, 9.17) is 0 Å². The van der Waals surface area contributed by atoms with E-state index in [0.29, 0.717) is 6.42 Å². The molecule has 0 saturated carbocycles. The van der Waals surface area contributed by atoms with Crippen LogP contribution in [0.4, 0.5) is 13.2 Å². The first-order valence-electron chi connectivity index (χ1n) is 6.63. The molecule has 0 aliphatic rings. The summed E-state index contributed by atoms with van der Waals surface area (Å²) in [6.45, 7) is 3.76. The zero-order valence-electron chi connectivity index (χ0n) is 12.1. The number of aryl methyl sites for hydroxylation is 2. The third-order valence-corrected chi connectivity index (χ3v) is 3.75. The number of rotatable bonds is 4. The van der Waals surface area contributed by atoms with E-state index in [9.17, 15) is 18.3 Å². The van der Waals surface area contributed by atoms with Crippen molar-refractivity contribution in [1.29, 1.82) is 0 Å². The van der Waals surface area contributed by atoms with Gasteiger partial charge in [0, 0.05) is 18.3 Å². The monoisotopic (exact) mass is 298 g/mol. The summed E-state index contributed by atoms with van der Waals surface area (Å²) in [6.07, 6.45) is -0.514. The molecule has 0 spiro atoms. The number of aliphatic hydroxyl groups excluding tert-OH is 1. The number of hydrogen-bond acceptors (Lipinski definition) is 2. The van der Waals surface area contributed by atoms with E-state index in [-0.39, 0.29) is 12.0 Å². The molecule has 1 N–H and O–H groups in total. The summed E-state index contributed by atoms with van der Waals surface area (Å²) in [4.78, 5) is 0. The first-order valence-corrected chi connectivity index (χ1v) is 6.63. The SMILES string of the molecule is Cc1nn(C)c(C)c1CCC(O)c1ccc(F)c(F)c1F. The molecule has 0 bridgehead atoms. The number of benzene rings is 1. The number of halogens is 3. The Balaban J connectivity index is 2.16. The lowest BCUT2D eigenvalue weighted by atomic mass is 9.99. The highest BCUT2D eigenvalue weighted by atomic mass is 19.2. The maximum absolute atomic E-state index is 13.6. The van der Waals surface area contributed by atoms with Gasteiger partial charge in [-0.15, -0.1) is 0 Å². The topological polar surface area (TPSA) is 38.0 Å². The Bertz CT molecular complexity index is 667. The van der Waals surface area contributed by atoms with Crippen molar-refractivity contribution in [1.82, 2.24) is 9.78 Å². The molecule has 6 heteroatoms. The van der Waals surface area contributed by atoms with Crippen molar-refractivity contribution < 1.29 is 18.3 Å². The van der Waals surface area contributed by atoms with Gasteiger partial charge in [0.2, 0.25) is 0 Å². The molecule has 0 fully saturated rings. The maximum atomic E-state index is 13.6. The van der Waals surface area contributed by atoms with Crippen LogP contribution in [0, 0.1) is 31.3 Å². The minimum atomic E-state index is -1.56. The number of aliphatic hydroxyl groups is 1. The van der Waals surface area contributed by atoms with E-state index in [1.807, 2.05) is 20.9 Å². The quantitative estimate of drug-likeness (QED) is 0.881. The fraction of sp³-hybridized carbons (Fsp3) is 0.400. The molecule has 1 atom stereocenters. The highest BCUT2D eigenvalue weighted by Crippen LogP contribution is 2.26. The number of aromatic nitrogens is 2. The van der Waals surface area contributed by atoms with Crippen molar-refractivity contribution in [2.45, 2.75) is 32.8 Å². The van der Waals surface area contributed by atoms with Crippen LogP contribution in [-0.4, -0.2) is 14.9 Å². The summed E-state index contributed by atoms with van der Waals surface area (Å²) < 4.78 is 41.4. The Labute approximate surface area is 121 Å². The normalized spacial score (nSPS) is 12.7. The van der Waals surface area contributed by atoms with Gasteiger partial charge in [0.05, 0.1) is 11.8 Å². The van der Waals surface area contributed by atoms with Crippen LogP contribution in [0.5, 0.6) is 0 Å². The van der Waals surface area contributed by atoms with Crippen LogP contribution in [0.25, 0.3) is 0 Å². The second-order valence-electron chi connectivity index (χ2n) is 5.09.